The molecule has 0 heterocycles. The van der Waals surface area contributed by atoms with E-state index in [2.05, 4.69) is 0 Å². The first-order chi connectivity index (χ1) is 10.2. The van der Waals surface area contributed by atoms with Crippen molar-refractivity contribution in [2.24, 2.45) is 5.92 Å². The van der Waals surface area contributed by atoms with Crippen LogP contribution in [0, 0.1) is 19.8 Å². The van der Waals surface area contributed by atoms with Crippen molar-refractivity contribution < 1.29 is 24.6 Å². The zero-order valence-electron chi connectivity index (χ0n) is 13.0. The lowest BCUT2D eigenvalue weighted by atomic mass is 9.91. The Labute approximate surface area is 129 Å². The van der Waals surface area contributed by atoms with Gasteiger partial charge in [0.1, 0.15) is 0 Å². The zero-order chi connectivity index (χ0) is 16.9. The van der Waals surface area contributed by atoms with Crippen molar-refractivity contribution in [1.29, 1.82) is 0 Å². The second kappa shape index (κ2) is 7.70. The van der Waals surface area contributed by atoms with E-state index in [9.17, 15) is 14.4 Å². The average Bonchev–Trinajstić information content (AvgIpc) is 2.35. The van der Waals surface area contributed by atoms with Gasteiger partial charge in [-0.25, -0.2) is 0 Å². The lowest BCUT2D eigenvalue weighted by molar-refractivity contribution is -0.138. The van der Waals surface area contributed by atoms with Gasteiger partial charge in [0, 0.05) is 18.0 Å². The van der Waals surface area contributed by atoms with Gasteiger partial charge >= 0.3 is 11.9 Å². The number of aryl methyl sites for hydroxylation is 2. The molecular formula is C16H21NO5. The Morgan fingerprint density at radius 3 is 2.27 bits per heavy atom. The number of rotatable bonds is 8. The van der Waals surface area contributed by atoms with E-state index in [-0.39, 0.29) is 25.3 Å². The number of aliphatic carboxylic acids is 2. The molecule has 2 N–H and O–H groups in total. The van der Waals surface area contributed by atoms with Crippen LogP contribution in [0.5, 0.6) is 0 Å². The normalized spacial score (nSPS) is 12.2. The molecule has 120 valence electrons. The molecule has 1 aromatic rings. The van der Waals surface area contributed by atoms with Crippen LogP contribution in [0.25, 0.3) is 0 Å². The SMILES string of the molecule is Cc1ccc(C(=O)C(CC(=O)O)CN(C)CC(=O)O)c(C)c1. The van der Waals surface area contributed by atoms with E-state index in [0.717, 1.165) is 11.1 Å². The van der Waals surface area contributed by atoms with Crippen LogP contribution < -0.4 is 0 Å². The number of nitrogens with zero attached hydrogens (tertiary/aromatic N) is 1. The van der Waals surface area contributed by atoms with Gasteiger partial charge in [-0.1, -0.05) is 23.8 Å². The highest BCUT2D eigenvalue weighted by Crippen LogP contribution is 2.18. The number of carbonyl (C=O) groups excluding carboxylic acids is 1. The van der Waals surface area contributed by atoms with Crippen LogP contribution in [0.1, 0.15) is 27.9 Å². The van der Waals surface area contributed by atoms with E-state index >= 15 is 0 Å². The highest BCUT2D eigenvalue weighted by molar-refractivity contribution is 6.00. The van der Waals surface area contributed by atoms with Gasteiger partial charge in [-0.2, -0.15) is 0 Å². The minimum atomic E-state index is -1.08. The van der Waals surface area contributed by atoms with Gasteiger partial charge in [0.05, 0.1) is 13.0 Å². The number of carboxylic acid groups (broad SMARTS) is 2. The molecule has 6 heteroatoms. The van der Waals surface area contributed by atoms with E-state index < -0.39 is 17.9 Å². The lowest BCUT2D eigenvalue weighted by Gasteiger charge is -2.21. The molecule has 0 aromatic heterocycles. The Kier molecular flexibility index (Phi) is 6.24. The Balaban J connectivity index is 2.97. The number of hydrogen-bond donors (Lipinski definition) is 2. The van der Waals surface area contributed by atoms with Crippen LogP contribution in [0.2, 0.25) is 0 Å². The van der Waals surface area contributed by atoms with Gasteiger partial charge < -0.3 is 10.2 Å². The van der Waals surface area contributed by atoms with Crippen molar-refractivity contribution in [3.63, 3.8) is 0 Å². The fourth-order valence-corrected chi connectivity index (χ4v) is 2.43. The largest absolute Gasteiger partial charge is 0.481 e. The van der Waals surface area contributed by atoms with E-state index in [0.29, 0.717) is 5.56 Å². The Hall–Kier alpha value is -2.21. The Morgan fingerprint density at radius 2 is 1.77 bits per heavy atom. The smallest absolute Gasteiger partial charge is 0.317 e. The second-order valence-corrected chi connectivity index (χ2v) is 5.57. The van der Waals surface area contributed by atoms with Crippen molar-refractivity contribution in [2.45, 2.75) is 20.3 Å². The first-order valence-corrected chi connectivity index (χ1v) is 6.94. The summed E-state index contributed by atoms with van der Waals surface area (Å²) in [7, 11) is 1.55. The molecule has 0 saturated carbocycles. The number of likely N-dealkylation sites (N-methyl/N-ethyl adjacent to an activating group) is 1. The summed E-state index contributed by atoms with van der Waals surface area (Å²) in [6.45, 7) is 3.57. The van der Waals surface area contributed by atoms with Gasteiger partial charge in [-0.15, -0.1) is 0 Å². The summed E-state index contributed by atoms with van der Waals surface area (Å²) in [6, 6.07) is 5.37. The third-order valence-corrected chi connectivity index (χ3v) is 3.38. The zero-order valence-corrected chi connectivity index (χ0v) is 13.0. The van der Waals surface area contributed by atoms with Crippen LogP contribution in [-0.2, 0) is 9.59 Å². The summed E-state index contributed by atoms with van der Waals surface area (Å²) < 4.78 is 0. The monoisotopic (exact) mass is 307 g/mol. The van der Waals surface area contributed by atoms with Crippen LogP contribution in [0.3, 0.4) is 0 Å². The topological polar surface area (TPSA) is 94.9 Å². The van der Waals surface area contributed by atoms with Gasteiger partial charge in [-0.05, 0) is 26.5 Å². The molecule has 0 amide bonds. The standard InChI is InChI=1S/C16H21NO5/c1-10-4-5-13(11(2)6-10)16(22)12(7-14(18)19)8-17(3)9-15(20)21/h4-6,12H,7-9H2,1-3H3,(H,18,19)(H,20,21). The molecule has 0 radical (unpaired) electrons. The van der Waals surface area contributed by atoms with E-state index in [1.807, 2.05) is 13.0 Å². The van der Waals surface area contributed by atoms with Gasteiger partial charge in [0.15, 0.2) is 5.78 Å². The Morgan fingerprint density at radius 1 is 1.14 bits per heavy atom. The summed E-state index contributed by atoms with van der Waals surface area (Å²) in [5, 5.41) is 17.8. The van der Waals surface area contributed by atoms with Crippen LogP contribution in [0.4, 0.5) is 0 Å². The predicted molar refractivity (Wildman–Crippen MR) is 81.1 cm³/mol. The molecule has 0 fully saturated rings. The molecule has 1 unspecified atom stereocenters. The summed E-state index contributed by atoms with van der Waals surface area (Å²) in [5.74, 6) is -3.14. The number of benzene rings is 1. The third-order valence-electron chi connectivity index (χ3n) is 3.38. The predicted octanol–water partition coefficient (Wildman–Crippen LogP) is 1.59. The molecule has 0 spiro atoms. The highest BCUT2D eigenvalue weighted by Gasteiger charge is 2.26. The molecule has 0 saturated heterocycles. The maximum Gasteiger partial charge on any atom is 0.317 e. The quantitative estimate of drug-likeness (QED) is 0.708. The van der Waals surface area contributed by atoms with Crippen molar-refractivity contribution in [1.82, 2.24) is 4.90 Å². The molecule has 0 aliphatic heterocycles. The molecule has 22 heavy (non-hydrogen) atoms. The first-order valence-electron chi connectivity index (χ1n) is 6.94. The van der Waals surface area contributed by atoms with Gasteiger partial charge in [-0.3, -0.25) is 19.3 Å². The van der Waals surface area contributed by atoms with Crippen molar-refractivity contribution in [3.05, 3.63) is 34.9 Å². The van der Waals surface area contributed by atoms with Crippen molar-refractivity contribution in [2.75, 3.05) is 20.1 Å². The van der Waals surface area contributed by atoms with E-state index in [4.69, 9.17) is 10.2 Å². The van der Waals surface area contributed by atoms with E-state index in [1.165, 1.54) is 4.90 Å². The molecule has 6 nitrogen and oxygen atoms in total. The van der Waals surface area contributed by atoms with E-state index in [1.54, 1.807) is 26.1 Å². The lowest BCUT2D eigenvalue weighted by Crippen LogP contribution is -2.35. The van der Waals surface area contributed by atoms with Crippen LogP contribution in [0.15, 0.2) is 18.2 Å². The average molecular weight is 307 g/mol. The summed E-state index contributed by atoms with van der Waals surface area (Å²) in [4.78, 5) is 35.7. The molecule has 0 bridgehead atoms. The van der Waals surface area contributed by atoms with Crippen molar-refractivity contribution >= 4 is 17.7 Å². The minimum absolute atomic E-state index is 0.0880. The molecule has 1 atom stereocenters. The summed E-state index contributed by atoms with van der Waals surface area (Å²) in [6.07, 6.45) is -0.323. The second-order valence-electron chi connectivity index (χ2n) is 5.57. The summed E-state index contributed by atoms with van der Waals surface area (Å²) >= 11 is 0. The maximum absolute atomic E-state index is 12.6. The third kappa shape index (κ3) is 5.29. The molecular weight excluding hydrogens is 286 g/mol. The molecule has 1 aromatic carbocycles. The molecule has 0 aliphatic rings. The number of ketones is 1. The fourth-order valence-electron chi connectivity index (χ4n) is 2.43. The molecule has 0 aliphatic carbocycles. The number of Topliss-reactive ketones (excluding diaryl/α,β-unsaturated/α-hetero) is 1. The van der Waals surface area contributed by atoms with Gasteiger partial charge in [0.2, 0.25) is 0 Å². The summed E-state index contributed by atoms with van der Waals surface area (Å²) in [5.41, 5.74) is 2.30. The highest BCUT2D eigenvalue weighted by atomic mass is 16.4. The van der Waals surface area contributed by atoms with Gasteiger partial charge in [0.25, 0.3) is 0 Å². The minimum Gasteiger partial charge on any atom is -0.481 e. The number of carboxylic acids is 2. The Bertz CT molecular complexity index is 582. The van der Waals surface area contributed by atoms with Crippen molar-refractivity contribution in [3.8, 4) is 0 Å². The first kappa shape index (κ1) is 17.8. The maximum atomic E-state index is 12.6. The van der Waals surface area contributed by atoms with Crippen LogP contribution >= 0.6 is 0 Å². The molecule has 1 rings (SSSR count). The van der Waals surface area contributed by atoms with Crippen LogP contribution in [-0.4, -0.2) is 53.0 Å². The fraction of sp³-hybridized carbons (Fsp3) is 0.438. The number of hydrogen-bond acceptors (Lipinski definition) is 4. The number of carbonyl (C=O) groups is 3.